The number of carbonyl (C=O) groups excluding carboxylic acids is 1. The first kappa shape index (κ1) is 14.6. The molecule has 5 nitrogen and oxygen atoms in total. The van der Waals surface area contributed by atoms with E-state index in [4.69, 9.17) is 5.73 Å². The molecule has 0 aliphatic carbocycles. The van der Waals surface area contributed by atoms with Crippen LogP contribution in [0.4, 0.5) is 5.13 Å². The SMILES string of the molecule is Cc1cccc(C2=NN(c3nc4ccccc4s3)C(=O)C2=CN)c1. The number of nitrogens with two attached hydrogens (primary N) is 1. The molecular formula is C18H14N4OS. The van der Waals surface area contributed by atoms with Crippen molar-refractivity contribution in [1.29, 1.82) is 0 Å². The lowest BCUT2D eigenvalue weighted by molar-refractivity contribution is -0.114. The highest BCUT2D eigenvalue weighted by atomic mass is 32.1. The van der Waals surface area contributed by atoms with Gasteiger partial charge in [-0.2, -0.15) is 10.1 Å². The monoisotopic (exact) mass is 334 g/mol. The fourth-order valence-corrected chi connectivity index (χ4v) is 3.57. The summed E-state index contributed by atoms with van der Waals surface area (Å²) in [6.45, 7) is 2.00. The van der Waals surface area contributed by atoms with E-state index in [1.807, 2.05) is 55.5 Å². The number of para-hydroxylation sites is 1. The number of aryl methyl sites for hydroxylation is 1. The number of fused-ring (bicyclic) bond motifs is 1. The minimum atomic E-state index is -0.256. The Morgan fingerprint density at radius 3 is 2.75 bits per heavy atom. The van der Waals surface area contributed by atoms with E-state index in [1.54, 1.807) is 0 Å². The molecule has 4 rings (SSSR count). The third-order valence-corrected chi connectivity index (χ3v) is 4.81. The van der Waals surface area contributed by atoms with Crippen molar-refractivity contribution in [1.82, 2.24) is 4.98 Å². The summed E-state index contributed by atoms with van der Waals surface area (Å²) in [7, 11) is 0. The van der Waals surface area contributed by atoms with Crippen LogP contribution in [0.15, 0.2) is 65.4 Å². The Morgan fingerprint density at radius 2 is 2.00 bits per heavy atom. The molecule has 0 saturated heterocycles. The second-order valence-electron chi connectivity index (χ2n) is 5.48. The van der Waals surface area contributed by atoms with Crippen molar-refractivity contribution in [2.75, 3.05) is 5.01 Å². The zero-order valence-electron chi connectivity index (χ0n) is 12.9. The van der Waals surface area contributed by atoms with Gasteiger partial charge in [0.25, 0.3) is 5.91 Å². The van der Waals surface area contributed by atoms with Crippen LogP contribution in [0.5, 0.6) is 0 Å². The van der Waals surface area contributed by atoms with Gasteiger partial charge in [0.2, 0.25) is 5.13 Å². The average Bonchev–Trinajstić information content (AvgIpc) is 3.15. The molecule has 1 aliphatic rings. The Morgan fingerprint density at radius 1 is 1.17 bits per heavy atom. The maximum Gasteiger partial charge on any atom is 0.284 e. The van der Waals surface area contributed by atoms with Gasteiger partial charge in [0, 0.05) is 11.8 Å². The summed E-state index contributed by atoms with van der Waals surface area (Å²) in [6.07, 6.45) is 1.32. The number of aromatic nitrogens is 1. The number of hydrazone groups is 1. The van der Waals surface area contributed by atoms with Gasteiger partial charge in [0.15, 0.2) is 0 Å². The Kier molecular flexibility index (Phi) is 3.39. The van der Waals surface area contributed by atoms with Crippen LogP contribution < -0.4 is 10.7 Å². The standard InChI is InChI=1S/C18H14N4OS/c1-11-5-4-6-12(9-11)16-13(10-19)17(23)22(21-16)18-20-14-7-2-3-8-15(14)24-18/h2-10H,19H2,1H3. The first-order valence-corrected chi connectivity index (χ1v) is 8.27. The highest BCUT2D eigenvalue weighted by Crippen LogP contribution is 2.32. The summed E-state index contributed by atoms with van der Waals surface area (Å²) in [5.74, 6) is -0.256. The molecule has 24 heavy (non-hydrogen) atoms. The van der Waals surface area contributed by atoms with Gasteiger partial charge in [-0.1, -0.05) is 47.2 Å². The second-order valence-corrected chi connectivity index (χ2v) is 6.49. The number of rotatable bonds is 2. The lowest BCUT2D eigenvalue weighted by Gasteiger charge is -2.05. The minimum Gasteiger partial charge on any atom is -0.404 e. The van der Waals surface area contributed by atoms with Crippen LogP contribution in [-0.2, 0) is 4.79 Å². The molecule has 3 aromatic rings. The number of thiazole rings is 1. The number of carbonyl (C=O) groups is 1. The zero-order chi connectivity index (χ0) is 16.7. The first-order chi connectivity index (χ1) is 11.7. The first-order valence-electron chi connectivity index (χ1n) is 7.45. The van der Waals surface area contributed by atoms with Gasteiger partial charge in [0.05, 0.1) is 15.8 Å². The van der Waals surface area contributed by atoms with E-state index >= 15 is 0 Å². The van der Waals surface area contributed by atoms with Crippen molar-refractivity contribution in [2.24, 2.45) is 10.8 Å². The summed E-state index contributed by atoms with van der Waals surface area (Å²) >= 11 is 1.43. The molecule has 0 fully saturated rings. The van der Waals surface area contributed by atoms with Crippen LogP contribution in [0, 0.1) is 6.92 Å². The third kappa shape index (κ3) is 2.28. The summed E-state index contributed by atoms with van der Waals surface area (Å²) < 4.78 is 1.01. The molecule has 2 heterocycles. The lowest BCUT2D eigenvalue weighted by atomic mass is 10.0. The minimum absolute atomic E-state index is 0.256. The average molecular weight is 334 g/mol. The number of hydrogen-bond donors (Lipinski definition) is 1. The highest BCUT2D eigenvalue weighted by molar-refractivity contribution is 7.22. The molecule has 0 bridgehead atoms. The van der Waals surface area contributed by atoms with E-state index in [-0.39, 0.29) is 5.91 Å². The van der Waals surface area contributed by atoms with Gasteiger partial charge in [0.1, 0.15) is 5.71 Å². The quantitative estimate of drug-likeness (QED) is 0.732. The van der Waals surface area contributed by atoms with Crippen LogP contribution >= 0.6 is 11.3 Å². The van der Waals surface area contributed by atoms with Crippen LogP contribution in [0.3, 0.4) is 0 Å². The zero-order valence-corrected chi connectivity index (χ0v) is 13.7. The van der Waals surface area contributed by atoms with Crippen molar-refractivity contribution < 1.29 is 4.79 Å². The van der Waals surface area contributed by atoms with Gasteiger partial charge >= 0.3 is 0 Å². The molecule has 1 aliphatic heterocycles. The Bertz CT molecular complexity index is 986. The van der Waals surface area contributed by atoms with Crippen LogP contribution in [0.25, 0.3) is 10.2 Å². The fourth-order valence-electron chi connectivity index (χ4n) is 2.65. The lowest BCUT2D eigenvalue weighted by Crippen LogP contribution is -2.21. The second kappa shape index (κ2) is 5.58. The Hall–Kier alpha value is -2.99. The van der Waals surface area contributed by atoms with E-state index in [0.29, 0.717) is 16.4 Å². The van der Waals surface area contributed by atoms with Gasteiger partial charge < -0.3 is 5.73 Å². The molecule has 118 valence electrons. The fraction of sp³-hybridized carbons (Fsp3) is 0.0556. The largest absolute Gasteiger partial charge is 0.404 e. The van der Waals surface area contributed by atoms with Gasteiger partial charge in [-0.3, -0.25) is 4.79 Å². The molecule has 1 aromatic heterocycles. The van der Waals surface area contributed by atoms with Crippen molar-refractivity contribution >= 4 is 38.3 Å². The van der Waals surface area contributed by atoms with E-state index in [2.05, 4.69) is 10.1 Å². The molecule has 2 aromatic carbocycles. The van der Waals surface area contributed by atoms with Crippen LogP contribution in [0.2, 0.25) is 0 Å². The predicted molar refractivity (Wildman–Crippen MR) is 97.1 cm³/mol. The molecule has 0 radical (unpaired) electrons. The number of hydrogen-bond acceptors (Lipinski definition) is 5. The van der Waals surface area contributed by atoms with Gasteiger partial charge in [-0.05, 0) is 25.1 Å². The molecule has 0 atom stereocenters. The van der Waals surface area contributed by atoms with E-state index in [0.717, 1.165) is 21.3 Å². The van der Waals surface area contributed by atoms with E-state index in [9.17, 15) is 4.79 Å². The van der Waals surface area contributed by atoms with Crippen molar-refractivity contribution in [3.63, 3.8) is 0 Å². The highest BCUT2D eigenvalue weighted by Gasteiger charge is 2.33. The molecule has 0 saturated carbocycles. The Balaban J connectivity index is 1.83. The molecule has 6 heteroatoms. The Labute approximate surface area is 142 Å². The molecule has 0 spiro atoms. The molecule has 1 amide bonds. The molecular weight excluding hydrogens is 320 g/mol. The number of anilines is 1. The van der Waals surface area contributed by atoms with Crippen molar-refractivity contribution in [3.8, 4) is 0 Å². The smallest absolute Gasteiger partial charge is 0.284 e. The molecule has 0 unspecified atom stereocenters. The maximum absolute atomic E-state index is 12.7. The normalized spacial score (nSPS) is 16.2. The summed E-state index contributed by atoms with van der Waals surface area (Å²) in [5.41, 5.74) is 9.47. The van der Waals surface area contributed by atoms with Crippen LogP contribution in [-0.4, -0.2) is 16.6 Å². The van der Waals surface area contributed by atoms with Gasteiger partial charge in [-0.25, -0.2) is 4.98 Å². The molecule has 2 N–H and O–H groups in total. The van der Waals surface area contributed by atoms with Crippen LogP contribution in [0.1, 0.15) is 11.1 Å². The summed E-state index contributed by atoms with van der Waals surface area (Å²) in [6, 6.07) is 15.6. The maximum atomic E-state index is 12.7. The van der Waals surface area contributed by atoms with E-state index in [1.165, 1.54) is 22.5 Å². The number of amides is 1. The number of nitrogens with zero attached hydrogens (tertiary/aromatic N) is 3. The van der Waals surface area contributed by atoms with Crippen molar-refractivity contribution in [3.05, 3.63) is 71.4 Å². The summed E-state index contributed by atoms with van der Waals surface area (Å²) in [5, 5.41) is 6.38. The summed E-state index contributed by atoms with van der Waals surface area (Å²) in [4.78, 5) is 17.2. The van der Waals surface area contributed by atoms with Crippen molar-refractivity contribution in [2.45, 2.75) is 6.92 Å². The number of benzene rings is 2. The van der Waals surface area contributed by atoms with Gasteiger partial charge in [-0.15, -0.1) is 0 Å². The topological polar surface area (TPSA) is 71.6 Å². The third-order valence-electron chi connectivity index (χ3n) is 3.80. The van der Waals surface area contributed by atoms with E-state index < -0.39 is 0 Å². The predicted octanol–water partition coefficient (Wildman–Crippen LogP) is 3.20.